The number of nitrogens with zero attached hydrogens (tertiary/aromatic N) is 4. The third-order valence-corrected chi connectivity index (χ3v) is 4.10. The van der Waals surface area contributed by atoms with Crippen molar-refractivity contribution < 1.29 is 9.47 Å². The number of aromatic nitrogens is 4. The molecule has 1 N–H and O–H groups in total. The smallest absolute Gasteiger partial charge is 0.213 e. The van der Waals surface area contributed by atoms with Crippen molar-refractivity contribution in [3.05, 3.63) is 48.0 Å². The first-order chi connectivity index (χ1) is 11.8. The van der Waals surface area contributed by atoms with Crippen LogP contribution in [0.3, 0.4) is 0 Å². The van der Waals surface area contributed by atoms with Gasteiger partial charge in [-0.15, -0.1) is 0 Å². The lowest BCUT2D eigenvalue weighted by atomic mass is 10.2. The van der Waals surface area contributed by atoms with Gasteiger partial charge in [0.2, 0.25) is 5.88 Å². The second-order valence-corrected chi connectivity index (χ2v) is 5.72. The van der Waals surface area contributed by atoms with Crippen LogP contribution in [-0.2, 0) is 17.9 Å². The normalized spacial score (nSPS) is 17.0. The molecule has 0 spiro atoms. The van der Waals surface area contributed by atoms with Crippen LogP contribution in [0.1, 0.15) is 17.6 Å². The van der Waals surface area contributed by atoms with Gasteiger partial charge in [-0.3, -0.25) is 0 Å². The molecule has 1 aliphatic heterocycles. The van der Waals surface area contributed by atoms with Crippen LogP contribution in [0.2, 0.25) is 0 Å². The lowest BCUT2D eigenvalue weighted by Crippen LogP contribution is -2.32. The quantitative estimate of drug-likeness (QED) is 0.769. The van der Waals surface area contributed by atoms with Gasteiger partial charge >= 0.3 is 0 Å². The largest absolute Gasteiger partial charge is 0.481 e. The average Bonchev–Trinajstić information content (AvgIpc) is 3.01. The van der Waals surface area contributed by atoms with E-state index in [0.717, 1.165) is 29.2 Å². The number of fused-ring (bicyclic) bond motifs is 3. The van der Waals surface area contributed by atoms with Gasteiger partial charge in [0.15, 0.2) is 5.65 Å². The molecule has 0 radical (unpaired) electrons. The van der Waals surface area contributed by atoms with Crippen LogP contribution in [0.4, 0.5) is 0 Å². The molecule has 1 aliphatic rings. The molecule has 1 unspecified atom stereocenters. The fourth-order valence-electron chi connectivity index (χ4n) is 3.01. The molecule has 0 aliphatic carbocycles. The fraction of sp³-hybridized carbons (Fsp3) is 0.353. The van der Waals surface area contributed by atoms with Crippen molar-refractivity contribution >= 4 is 11.2 Å². The van der Waals surface area contributed by atoms with E-state index < -0.39 is 0 Å². The van der Waals surface area contributed by atoms with Crippen molar-refractivity contribution in [1.82, 2.24) is 24.8 Å². The molecule has 0 aromatic carbocycles. The summed E-state index contributed by atoms with van der Waals surface area (Å²) in [7, 11) is 1.62. The predicted molar refractivity (Wildman–Crippen MR) is 88.7 cm³/mol. The van der Waals surface area contributed by atoms with E-state index in [9.17, 15) is 0 Å². The molecule has 7 heteroatoms. The zero-order valence-electron chi connectivity index (χ0n) is 13.5. The van der Waals surface area contributed by atoms with E-state index >= 15 is 0 Å². The molecule has 0 bridgehead atoms. The van der Waals surface area contributed by atoms with Crippen LogP contribution in [0.5, 0.6) is 5.88 Å². The highest BCUT2D eigenvalue weighted by Crippen LogP contribution is 2.24. The van der Waals surface area contributed by atoms with Gasteiger partial charge in [0.1, 0.15) is 17.9 Å². The van der Waals surface area contributed by atoms with Crippen LogP contribution in [0.25, 0.3) is 11.2 Å². The van der Waals surface area contributed by atoms with Crippen LogP contribution < -0.4 is 10.1 Å². The Labute approximate surface area is 139 Å². The van der Waals surface area contributed by atoms with Crippen molar-refractivity contribution in [2.75, 3.05) is 20.3 Å². The molecule has 3 aromatic rings. The number of nitrogens with one attached hydrogen (secondary N) is 1. The molecular formula is C17H19N5O2. The Hall–Kier alpha value is -2.51. The number of hydrogen-bond acceptors (Lipinski definition) is 6. The monoisotopic (exact) mass is 325 g/mol. The summed E-state index contributed by atoms with van der Waals surface area (Å²) < 4.78 is 13.0. The van der Waals surface area contributed by atoms with E-state index in [1.54, 1.807) is 13.3 Å². The zero-order chi connectivity index (χ0) is 16.4. The second kappa shape index (κ2) is 6.54. The molecule has 7 nitrogen and oxygen atoms in total. The number of pyridine rings is 2. The molecule has 0 fully saturated rings. The summed E-state index contributed by atoms with van der Waals surface area (Å²) in [5.41, 5.74) is 2.78. The lowest BCUT2D eigenvalue weighted by molar-refractivity contribution is 0.0561. The van der Waals surface area contributed by atoms with Crippen molar-refractivity contribution in [3.63, 3.8) is 0 Å². The predicted octanol–water partition coefficient (Wildman–Crippen LogP) is 1.70. The Kier molecular flexibility index (Phi) is 4.10. The van der Waals surface area contributed by atoms with Gasteiger partial charge in [-0.25, -0.2) is 15.0 Å². The minimum absolute atomic E-state index is 0.166. The Morgan fingerprint density at radius 1 is 1.29 bits per heavy atom. The van der Waals surface area contributed by atoms with E-state index in [1.165, 1.54) is 0 Å². The van der Waals surface area contributed by atoms with Gasteiger partial charge in [0.05, 0.1) is 25.5 Å². The highest BCUT2D eigenvalue weighted by atomic mass is 16.5. The number of ether oxygens (including phenoxy) is 2. The van der Waals surface area contributed by atoms with Gasteiger partial charge in [-0.2, -0.15) is 0 Å². The molecule has 4 rings (SSSR count). The number of methoxy groups -OCH3 is 1. The van der Waals surface area contributed by atoms with E-state index in [-0.39, 0.29) is 6.04 Å². The summed E-state index contributed by atoms with van der Waals surface area (Å²) in [4.78, 5) is 13.5. The molecule has 1 atom stereocenters. The molecule has 4 heterocycles. The van der Waals surface area contributed by atoms with Gasteiger partial charge in [-0.1, -0.05) is 6.07 Å². The van der Waals surface area contributed by atoms with E-state index in [2.05, 4.69) is 24.8 Å². The molecule has 124 valence electrons. The third-order valence-electron chi connectivity index (χ3n) is 4.10. The summed E-state index contributed by atoms with van der Waals surface area (Å²) >= 11 is 0. The van der Waals surface area contributed by atoms with Crippen LogP contribution in [-0.4, -0.2) is 39.8 Å². The van der Waals surface area contributed by atoms with Gasteiger partial charge < -0.3 is 19.4 Å². The summed E-state index contributed by atoms with van der Waals surface area (Å²) in [6.45, 7) is 2.61. The maximum absolute atomic E-state index is 5.69. The molecule has 3 aromatic heterocycles. The van der Waals surface area contributed by atoms with Crippen molar-refractivity contribution in [1.29, 1.82) is 0 Å². The third kappa shape index (κ3) is 2.83. The Bertz CT molecular complexity index is 848. The summed E-state index contributed by atoms with van der Waals surface area (Å²) in [5.74, 6) is 1.56. The Morgan fingerprint density at radius 2 is 2.25 bits per heavy atom. The number of rotatable bonds is 5. The molecule has 0 amide bonds. The second-order valence-electron chi connectivity index (χ2n) is 5.72. The number of hydrogen-bond donors (Lipinski definition) is 1. The Balaban J connectivity index is 1.48. The van der Waals surface area contributed by atoms with Crippen LogP contribution in [0.15, 0.2) is 36.5 Å². The van der Waals surface area contributed by atoms with Gasteiger partial charge in [0.25, 0.3) is 0 Å². The first-order valence-electron chi connectivity index (χ1n) is 7.95. The van der Waals surface area contributed by atoms with Crippen LogP contribution in [0, 0.1) is 0 Å². The molecule has 0 saturated heterocycles. The maximum atomic E-state index is 5.69. The topological polar surface area (TPSA) is 74.1 Å². The average molecular weight is 325 g/mol. The minimum atomic E-state index is 0.166. The summed E-state index contributed by atoms with van der Waals surface area (Å²) in [6.07, 6.45) is 1.80. The summed E-state index contributed by atoms with van der Waals surface area (Å²) in [5, 5.41) is 3.44. The standard InChI is InChI=1S/C17H19N5O2/c1-23-16-6-2-4-12(20-16)8-18-9-13-10-24-11-15-21-14-5-3-7-19-17(14)22(13)15/h2-7,13,18H,8-11H2,1H3. The van der Waals surface area contributed by atoms with Crippen molar-refractivity contribution in [2.45, 2.75) is 19.2 Å². The lowest BCUT2D eigenvalue weighted by Gasteiger charge is -2.26. The molecule has 0 saturated carbocycles. The van der Waals surface area contributed by atoms with Crippen LogP contribution >= 0.6 is 0 Å². The van der Waals surface area contributed by atoms with Crippen molar-refractivity contribution in [2.24, 2.45) is 0 Å². The highest BCUT2D eigenvalue weighted by molar-refractivity contribution is 5.71. The first-order valence-corrected chi connectivity index (χ1v) is 7.95. The maximum Gasteiger partial charge on any atom is 0.213 e. The molecule has 24 heavy (non-hydrogen) atoms. The van der Waals surface area contributed by atoms with Gasteiger partial charge in [-0.05, 0) is 18.2 Å². The highest BCUT2D eigenvalue weighted by Gasteiger charge is 2.24. The molecular weight excluding hydrogens is 306 g/mol. The summed E-state index contributed by atoms with van der Waals surface area (Å²) in [6, 6.07) is 9.82. The fourth-order valence-corrected chi connectivity index (χ4v) is 3.01. The minimum Gasteiger partial charge on any atom is -0.481 e. The van der Waals surface area contributed by atoms with Gasteiger partial charge in [0, 0.05) is 25.4 Å². The zero-order valence-corrected chi connectivity index (χ0v) is 13.5. The van der Waals surface area contributed by atoms with Crippen molar-refractivity contribution in [3.8, 4) is 5.88 Å². The van der Waals surface area contributed by atoms with E-state index in [0.29, 0.717) is 25.6 Å². The Morgan fingerprint density at radius 3 is 3.17 bits per heavy atom. The first kappa shape index (κ1) is 15.0. The van der Waals surface area contributed by atoms with E-state index in [1.807, 2.05) is 30.3 Å². The SMILES string of the molecule is COc1cccc(CNCC2COCc3nc4cccnc4n32)n1. The number of imidazole rings is 1. The van der Waals surface area contributed by atoms with E-state index in [4.69, 9.17) is 9.47 Å².